The standard InChI is InChI=1S/C12H16ClNO/c1-3-8(2)14-11-7-15-12-5-4-9(13)6-10(11)12/h4-6,8,11,14H,3,7H2,1-2H3. The molecule has 1 aromatic carbocycles. The Morgan fingerprint density at radius 2 is 2.40 bits per heavy atom. The van der Waals surface area contributed by atoms with Crippen LogP contribution in [0, 0.1) is 0 Å². The van der Waals surface area contributed by atoms with E-state index in [4.69, 9.17) is 16.3 Å². The van der Waals surface area contributed by atoms with E-state index in [9.17, 15) is 0 Å². The summed E-state index contributed by atoms with van der Waals surface area (Å²) < 4.78 is 5.59. The second-order valence-electron chi connectivity index (χ2n) is 4.02. The first-order chi connectivity index (χ1) is 7.20. The molecule has 1 aliphatic rings. The number of hydrogen-bond donors (Lipinski definition) is 1. The molecule has 2 atom stereocenters. The third-order valence-electron chi connectivity index (χ3n) is 2.85. The van der Waals surface area contributed by atoms with Crippen LogP contribution in [0.3, 0.4) is 0 Å². The Hall–Kier alpha value is -0.730. The van der Waals surface area contributed by atoms with Crippen molar-refractivity contribution in [2.24, 2.45) is 0 Å². The Bertz CT molecular complexity index is 353. The molecule has 2 rings (SSSR count). The van der Waals surface area contributed by atoms with Crippen LogP contribution in [0.1, 0.15) is 31.9 Å². The van der Waals surface area contributed by atoms with E-state index < -0.39 is 0 Å². The molecule has 82 valence electrons. The zero-order valence-corrected chi connectivity index (χ0v) is 9.84. The molecular formula is C12H16ClNO. The van der Waals surface area contributed by atoms with Crippen LogP contribution >= 0.6 is 11.6 Å². The first kappa shape index (κ1) is 10.8. The highest BCUT2D eigenvalue weighted by molar-refractivity contribution is 6.30. The lowest BCUT2D eigenvalue weighted by Crippen LogP contribution is -2.30. The van der Waals surface area contributed by atoms with Gasteiger partial charge in [0.15, 0.2) is 0 Å². The van der Waals surface area contributed by atoms with Gasteiger partial charge >= 0.3 is 0 Å². The van der Waals surface area contributed by atoms with Crippen LogP contribution in [0.2, 0.25) is 5.02 Å². The second kappa shape index (κ2) is 4.42. The molecule has 0 bridgehead atoms. The van der Waals surface area contributed by atoms with Crippen LogP contribution in [-0.2, 0) is 0 Å². The maximum atomic E-state index is 5.98. The van der Waals surface area contributed by atoms with Gasteiger partial charge in [-0.15, -0.1) is 0 Å². The Balaban J connectivity index is 2.16. The predicted molar refractivity (Wildman–Crippen MR) is 62.6 cm³/mol. The molecule has 0 fully saturated rings. The van der Waals surface area contributed by atoms with Crippen molar-refractivity contribution in [1.29, 1.82) is 0 Å². The number of ether oxygens (including phenoxy) is 1. The number of fused-ring (bicyclic) bond motifs is 1. The first-order valence-electron chi connectivity index (χ1n) is 5.39. The minimum absolute atomic E-state index is 0.286. The summed E-state index contributed by atoms with van der Waals surface area (Å²) >= 11 is 5.98. The van der Waals surface area contributed by atoms with Crippen molar-refractivity contribution in [1.82, 2.24) is 5.32 Å². The number of rotatable bonds is 3. The molecule has 0 aliphatic carbocycles. The molecule has 0 radical (unpaired) electrons. The van der Waals surface area contributed by atoms with Crippen LogP contribution in [0.4, 0.5) is 0 Å². The van der Waals surface area contributed by atoms with Crippen LogP contribution < -0.4 is 10.1 Å². The number of nitrogens with one attached hydrogen (secondary N) is 1. The normalized spacial score (nSPS) is 20.9. The highest BCUT2D eigenvalue weighted by Gasteiger charge is 2.24. The Labute approximate surface area is 95.6 Å². The minimum Gasteiger partial charge on any atom is -0.491 e. The van der Waals surface area contributed by atoms with E-state index in [1.54, 1.807) is 0 Å². The number of halogens is 1. The molecule has 3 heteroatoms. The minimum atomic E-state index is 0.286. The van der Waals surface area contributed by atoms with Gasteiger partial charge in [-0.25, -0.2) is 0 Å². The molecule has 1 aromatic rings. The van der Waals surface area contributed by atoms with Crippen LogP contribution in [0.5, 0.6) is 5.75 Å². The molecule has 0 saturated carbocycles. The molecule has 2 unspecified atom stereocenters. The smallest absolute Gasteiger partial charge is 0.124 e. The molecule has 1 N–H and O–H groups in total. The predicted octanol–water partition coefficient (Wildman–Crippen LogP) is 3.16. The molecular weight excluding hydrogens is 210 g/mol. The quantitative estimate of drug-likeness (QED) is 0.853. The van der Waals surface area contributed by atoms with Crippen molar-refractivity contribution >= 4 is 11.6 Å². The van der Waals surface area contributed by atoms with Crippen molar-refractivity contribution in [2.45, 2.75) is 32.4 Å². The highest BCUT2D eigenvalue weighted by atomic mass is 35.5. The fourth-order valence-corrected chi connectivity index (χ4v) is 1.97. The van der Waals surface area contributed by atoms with Crippen molar-refractivity contribution in [2.75, 3.05) is 6.61 Å². The van der Waals surface area contributed by atoms with E-state index in [-0.39, 0.29) is 6.04 Å². The van der Waals surface area contributed by atoms with Gasteiger partial charge in [-0.1, -0.05) is 18.5 Å². The largest absolute Gasteiger partial charge is 0.491 e. The summed E-state index contributed by atoms with van der Waals surface area (Å²) in [6.07, 6.45) is 1.12. The lowest BCUT2D eigenvalue weighted by molar-refractivity contribution is 0.298. The van der Waals surface area contributed by atoms with Gasteiger partial charge in [0.25, 0.3) is 0 Å². The van der Waals surface area contributed by atoms with Gasteiger partial charge in [0, 0.05) is 16.6 Å². The van der Waals surface area contributed by atoms with E-state index in [0.29, 0.717) is 12.6 Å². The fourth-order valence-electron chi connectivity index (χ4n) is 1.79. The van der Waals surface area contributed by atoms with E-state index in [1.165, 1.54) is 5.56 Å². The zero-order valence-electron chi connectivity index (χ0n) is 9.09. The van der Waals surface area contributed by atoms with Crippen LogP contribution in [-0.4, -0.2) is 12.6 Å². The van der Waals surface area contributed by atoms with Gasteiger partial charge in [0.2, 0.25) is 0 Å². The molecule has 1 heterocycles. The Morgan fingerprint density at radius 3 is 3.13 bits per heavy atom. The van der Waals surface area contributed by atoms with E-state index >= 15 is 0 Å². The summed E-state index contributed by atoms with van der Waals surface area (Å²) in [5.74, 6) is 0.959. The number of benzene rings is 1. The van der Waals surface area contributed by atoms with E-state index in [2.05, 4.69) is 19.2 Å². The maximum Gasteiger partial charge on any atom is 0.124 e. The zero-order chi connectivity index (χ0) is 10.8. The molecule has 1 aliphatic heterocycles. The Morgan fingerprint density at radius 1 is 1.60 bits per heavy atom. The third kappa shape index (κ3) is 2.27. The SMILES string of the molecule is CCC(C)NC1COc2ccc(Cl)cc21. The number of hydrogen-bond acceptors (Lipinski definition) is 2. The summed E-state index contributed by atoms with van der Waals surface area (Å²) in [6.45, 7) is 5.06. The van der Waals surface area contributed by atoms with Crippen molar-refractivity contribution in [3.8, 4) is 5.75 Å². The van der Waals surface area contributed by atoms with E-state index in [1.807, 2.05) is 18.2 Å². The van der Waals surface area contributed by atoms with Gasteiger partial charge in [-0.2, -0.15) is 0 Å². The fraction of sp³-hybridized carbons (Fsp3) is 0.500. The molecule has 0 spiro atoms. The summed E-state index contributed by atoms with van der Waals surface area (Å²) in [4.78, 5) is 0. The van der Waals surface area contributed by atoms with Gasteiger partial charge in [-0.3, -0.25) is 0 Å². The van der Waals surface area contributed by atoms with Gasteiger partial charge in [0.1, 0.15) is 12.4 Å². The average molecular weight is 226 g/mol. The summed E-state index contributed by atoms with van der Waals surface area (Å²) in [5, 5.41) is 4.30. The lowest BCUT2D eigenvalue weighted by Gasteiger charge is -2.17. The molecule has 15 heavy (non-hydrogen) atoms. The van der Waals surface area contributed by atoms with Gasteiger partial charge < -0.3 is 10.1 Å². The molecule has 0 saturated heterocycles. The van der Waals surface area contributed by atoms with E-state index in [0.717, 1.165) is 17.2 Å². The molecule has 0 aromatic heterocycles. The van der Waals surface area contributed by atoms with Crippen molar-refractivity contribution < 1.29 is 4.74 Å². The Kier molecular flexibility index (Phi) is 3.17. The van der Waals surface area contributed by atoms with Crippen LogP contribution in [0.15, 0.2) is 18.2 Å². The topological polar surface area (TPSA) is 21.3 Å². The third-order valence-corrected chi connectivity index (χ3v) is 3.09. The van der Waals surface area contributed by atoms with Gasteiger partial charge in [-0.05, 0) is 31.5 Å². The van der Waals surface area contributed by atoms with Gasteiger partial charge in [0.05, 0.1) is 6.04 Å². The molecule has 0 amide bonds. The second-order valence-corrected chi connectivity index (χ2v) is 4.46. The average Bonchev–Trinajstić information content (AvgIpc) is 2.61. The summed E-state index contributed by atoms with van der Waals surface area (Å²) in [7, 11) is 0. The van der Waals surface area contributed by atoms with Crippen molar-refractivity contribution in [3.63, 3.8) is 0 Å². The lowest BCUT2D eigenvalue weighted by atomic mass is 10.1. The first-order valence-corrected chi connectivity index (χ1v) is 5.76. The van der Waals surface area contributed by atoms with Crippen LogP contribution in [0.25, 0.3) is 0 Å². The maximum absolute atomic E-state index is 5.98. The highest BCUT2D eigenvalue weighted by Crippen LogP contribution is 2.34. The summed E-state index contributed by atoms with van der Waals surface area (Å²) in [5.41, 5.74) is 1.18. The van der Waals surface area contributed by atoms with Crippen molar-refractivity contribution in [3.05, 3.63) is 28.8 Å². The molecule has 2 nitrogen and oxygen atoms in total. The monoisotopic (exact) mass is 225 g/mol. The summed E-state index contributed by atoms with van der Waals surface area (Å²) in [6, 6.07) is 6.59.